The van der Waals surface area contributed by atoms with Gasteiger partial charge in [-0.25, -0.2) is 8.78 Å². The topological polar surface area (TPSA) is 79.5 Å². The van der Waals surface area contributed by atoms with Crippen molar-refractivity contribution in [1.29, 1.82) is 0 Å². The van der Waals surface area contributed by atoms with Gasteiger partial charge in [-0.3, -0.25) is 14.4 Å². The number of benzene rings is 1. The summed E-state index contributed by atoms with van der Waals surface area (Å²) < 4.78 is 58.3. The molecule has 6 nitrogen and oxygen atoms in total. The van der Waals surface area contributed by atoms with Crippen LogP contribution >= 0.6 is 0 Å². The Kier molecular flexibility index (Phi) is 4.34. The SMILES string of the molecule is Cc1c[nH]c2c1[C@@]13C[C@@H]1CN(C(=O)CCC(=O)Oc1c(F)c(F)cc(F)c1F)C3=CC2=O. The number of ketones is 1. The summed E-state index contributed by atoms with van der Waals surface area (Å²) in [5.74, 6) is -10.4. The van der Waals surface area contributed by atoms with Crippen LogP contribution in [0, 0.1) is 36.1 Å². The number of carbonyl (C=O) groups excluding carboxylic acids is 3. The van der Waals surface area contributed by atoms with E-state index in [1.807, 2.05) is 6.92 Å². The quantitative estimate of drug-likeness (QED) is 0.336. The highest BCUT2D eigenvalue weighted by atomic mass is 19.2. The molecule has 1 saturated carbocycles. The van der Waals surface area contributed by atoms with E-state index in [0.717, 1.165) is 17.5 Å². The highest BCUT2D eigenvalue weighted by Gasteiger charge is 2.67. The number of hydrogen-bond acceptors (Lipinski definition) is 4. The molecule has 2 atom stereocenters. The Morgan fingerprint density at radius 1 is 1.19 bits per heavy atom. The van der Waals surface area contributed by atoms with Gasteiger partial charge < -0.3 is 14.6 Å². The molecule has 10 heteroatoms. The zero-order valence-electron chi connectivity index (χ0n) is 16.7. The molecule has 2 aromatic rings. The molecule has 0 unspecified atom stereocenters. The summed E-state index contributed by atoms with van der Waals surface area (Å²) >= 11 is 0. The molecule has 32 heavy (non-hydrogen) atoms. The number of aromatic nitrogens is 1. The van der Waals surface area contributed by atoms with Crippen LogP contribution in [0.2, 0.25) is 0 Å². The van der Waals surface area contributed by atoms with Crippen LogP contribution in [0.3, 0.4) is 0 Å². The first-order valence-electron chi connectivity index (χ1n) is 9.94. The van der Waals surface area contributed by atoms with E-state index in [0.29, 0.717) is 17.9 Å². The van der Waals surface area contributed by atoms with Gasteiger partial charge in [-0.1, -0.05) is 0 Å². The molecule has 2 heterocycles. The Morgan fingerprint density at radius 2 is 1.88 bits per heavy atom. The van der Waals surface area contributed by atoms with Gasteiger partial charge in [0.2, 0.25) is 29.1 Å². The van der Waals surface area contributed by atoms with Crippen molar-refractivity contribution in [2.75, 3.05) is 6.54 Å². The summed E-state index contributed by atoms with van der Waals surface area (Å²) in [6.07, 6.45) is 3.07. The van der Waals surface area contributed by atoms with Gasteiger partial charge in [0.1, 0.15) is 0 Å². The van der Waals surface area contributed by atoms with Crippen LogP contribution in [0.15, 0.2) is 24.0 Å². The average Bonchev–Trinajstić information content (AvgIpc) is 3.15. The molecule has 1 N–H and O–H groups in total. The van der Waals surface area contributed by atoms with Gasteiger partial charge in [-0.2, -0.15) is 8.78 Å². The number of rotatable bonds is 4. The van der Waals surface area contributed by atoms with Crippen LogP contribution in [0.4, 0.5) is 17.6 Å². The highest BCUT2D eigenvalue weighted by Crippen LogP contribution is 2.67. The first kappa shape index (κ1) is 20.5. The fourth-order valence-corrected chi connectivity index (χ4v) is 4.94. The number of aromatic amines is 1. The first-order valence-corrected chi connectivity index (χ1v) is 9.94. The lowest BCUT2D eigenvalue weighted by atomic mass is 9.83. The zero-order valence-corrected chi connectivity index (χ0v) is 16.7. The predicted molar refractivity (Wildman–Crippen MR) is 101 cm³/mol. The molecule has 1 aromatic heterocycles. The molecule has 5 rings (SSSR count). The third-order valence-electron chi connectivity index (χ3n) is 6.43. The largest absolute Gasteiger partial charge is 0.420 e. The van der Waals surface area contributed by atoms with Gasteiger partial charge in [-0.05, 0) is 30.4 Å². The molecule has 1 spiro atoms. The van der Waals surface area contributed by atoms with Crippen LogP contribution in [-0.4, -0.2) is 34.1 Å². The summed E-state index contributed by atoms with van der Waals surface area (Å²) in [5, 5.41) is 0. The minimum atomic E-state index is -1.84. The second-order valence-corrected chi connectivity index (χ2v) is 8.26. The fraction of sp³-hybridized carbons (Fsp3) is 0.318. The van der Waals surface area contributed by atoms with Crippen molar-refractivity contribution >= 4 is 17.7 Å². The number of nitrogens with one attached hydrogen (secondary N) is 1. The van der Waals surface area contributed by atoms with E-state index in [1.54, 1.807) is 6.20 Å². The first-order chi connectivity index (χ1) is 15.1. The van der Waals surface area contributed by atoms with Gasteiger partial charge in [0.05, 0.1) is 12.1 Å². The molecule has 166 valence electrons. The number of H-pyrrole nitrogens is 1. The predicted octanol–water partition coefficient (Wildman–Crippen LogP) is 3.45. The summed E-state index contributed by atoms with van der Waals surface area (Å²) in [5.41, 5.74) is 2.56. The molecule has 0 bridgehead atoms. The Morgan fingerprint density at radius 3 is 2.56 bits per heavy atom. The van der Waals surface area contributed by atoms with Crippen molar-refractivity contribution in [2.24, 2.45) is 5.92 Å². The minimum Gasteiger partial charge on any atom is -0.420 e. The monoisotopic (exact) mass is 448 g/mol. The van der Waals surface area contributed by atoms with Gasteiger partial charge >= 0.3 is 5.97 Å². The van der Waals surface area contributed by atoms with Gasteiger partial charge in [0.25, 0.3) is 0 Å². The number of fused-ring (bicyclic) bond motifs is 1. The lowest BCUT2D eigenvalue weighted by Crippen LogP contribution is -2.34. The van der Waals surface area contributed by atoms with Crippen LogP contribution in [0.1, 0.15) is 40.9 Å². The van der Waals surface area contributed by atoms with E-state index in [1.165, 1.54) is 11.0 Å². The van der Waals surface area contributed by atoms with Gasteiger partial charge in [0, 0.05) is 42.4 Å². The number of likely N-dealkylation sites (tertiary alicyclic amines) is 1. The minimum absolute atomic E-state index is 0.00311. The van der Waals surface area contributed by atoms with E-state index >= 15 is 0 Å². The summed E-state index contributed by atoms with van der Waals surface area (Å²) in [4.78, 5) is 41.7. The van der Waals surface area contributed by atoms with Gasteiger partial charge in [0.15, 0.2) is 11.6 Å². The van der Waals surface area contributed by atoms with E-state index in [2.05, 4.69) is 9.72 Å². The Hall–Kier alpha value is -3.43. The number of nitrogens with zero attached hydrogens (tertiary/aromatic N) is 1. The number of aryl methyl sites for hydroxylation is 1. The second-order valence-electron chi connectivity index (χ2n) is 8.26. The third-order valence-corrected chi connectivity index (χ3v) is 6.43. The van der Waals surface area contributed by atoms with Crippen molar-refractivity contribution in [1.82, 2.24) is 9.88 Å². The Balaban J connectivity index is 1.29. The van der Waals surface area contributed by atoms with Crippen LogP contribution in [0.25, 0.3) is 0 Å². The Labute approximate surface area is 178 Å². The van der Waals surface area contributed by atoms with Crippen LogP contribution in [0.5, 0.6) is 5.75 Å². The maximum absolute atomic E-state index is 13.7. The highest BCUT2D eigenvalue weighted by molar-refractivity contribution is 6.08. The molecule has 2 fully saturated rings. The smallest absolute Gasteiger partial charge is 0.311 e. The number of amides is 1. The van der Waals surface area contributed by atoms with Crippen molar-refractivity contribution < 1.29 is 36.7 Å². The van der Waals surface area contributed by atoms with E-state index in [-0.39, 0.29) is 24.2 Å². The molecule has 0 radical (unpaired) electrons. The summed E-state index contributed by atoms with van der Waals surface area (Å²) in [7, 11) is 0. The van der Waals surface area contributed by atoms with Crippen LogP contribution in [-0.2, 0) is 15.0 Å². The van der Waals surface area contributed by atoms with E-state index < -0.39 is 52.7 Å². The normalized spacial score (nSPS) is 22.8. The van der Waals surface area contributed by atoms with Crippen molar-refractivity contribution in [3.05, 3.63) is 64.1 Å². The van der Waals surface area contributed by atoms with Crippen LogP contribution < -0.4 is 4.74 Å². The molecule has 1 saturated heterocycles. The molecule has 2 aliphatic carbocycles. The number of ether oxygens (including phenoxy) is 1. The van der Waals surface area contributed by atoms with E-state index in [9.17, 15) is 31.9 Å². The number of allylic oxidation sites excluding steroid dienone is 2. The average molecular weight is 448 g/mol. The molecule has 1 aliphatic heterocycles. The zero-order chi connectivity index (χ0) is 22.9. The lowest BCUT2D eigenvalue weighted by molar-refractivity contribution is -0.138. The van der Waals surface area contributed by atoms with Crippen molar-refractivity contribution in [2.45, 2.75) is 31.6 Å². The maximum Gasteiger partial charge on any atom is 0.311 e. The standard InChI is InChI=1S/C22H16F4N2O4/c1-9-7-27-20-13(29)5-14-22(17(9)20)6-10(22)8-28(14)15(30)2-3-16(31)32-21-18(25)11(23)4-12(24)19(21)26/h4-5,7,10,27H,2-3,6,8H2,1H3/t10-,22+/m1/s1. The van der Waals surface area contributed by atoms with Gasteiger partial charge in [-0.15, -0.1) is 0 Å². The number of halogens is 4. The summed E-state index contributed by atoms with van der Waals surface area (Å²) in [6.45, 7) is 2.28. The van der Waals surface area contributed by atoms with Crippen molar-refractivity contribution in [3.63, 3.8) is 0 Å². The summed E-state index contributed by atoms with van der Waals surface area (Å²) in [6, 6.07) is -0.00311. The second kappa shape index (κ2) is 6.78. The molecule has 1 amide bonds. The fourth-order valence-electron chi connectivity index (χ4n) is 4.94. The maximum atomic E-state index is 13.7. The molecular formula is C22H16F4N2O4. The van der Waals surface area contributed by atoms with Crippen molar-refractivity contribution in [3.8, 4) is 5.75 Å². The number of carbonyl (C=O) groups is 3. The number of esters is 1. The number of piperidine rings is 1. The Bertz CT molecular complexity index is 1220. The molecule has 1 aromatic carbocycles. The number of hydrogen-bond donors (Lipinski definition) is 1. The molecule has 3 aliphatic rings. The lowest BCUT2D eigenvalue weighted by Gasteiger charge is -2.28. The third kappa shape index (κ3) is 2.74. The van der Waals surface area contributed by atoms with E-state index in [4.69, 9.17) is 0 Å². The molecular weight excluding hydrogens is 432 g/mol.